The van der Waals surface area contributed by atoms with Gasteiger partial charge in [0.05, 0.1) is 38.4 Å². The maximum atomic E-state index is 14.4. The Labute approximate surface area is 217 Å². The predicted molar refractivity (Wildman–Crippen MR) is 151 cm³/mol. The van der Waals surface area contributed by atoms with Gasteiger partial charge in [0.25, 0.3) is 5.91 Å². The van der Waals surface area contributed by atoms with E-state index in [1.807, 2.05) is 83.1 Å². The minimum absolute atomic E-state index is 0.0799. The van der Waals surface area contributed by atoms with Gasteiger partial charge in [-0.15, -0.1) is 11.3 Å². The summed E-state index contributed by atoms with van der Waals surface area (Å²) in [5, 5.41) is 3.57. The molecule has 6 heteroatoms. The van der Waals surface area contributed by atoms with Crippen molar-refractivity contribution in [2.45, 2.75) is 20.4 Å². The van der Waals surface area contributed by atoms with Crippen LogP contribution in [0.25, 0.3) is 31.7 Å². The Kier molecular flexibility index (Phi) is 5.83. The molecule has 0 aliphatic rings. The molecule has 3 aromatic heterocycles. The number of carbonyl (C=O) groups is 1. The first-order chi connectivity index (χ1) is 17.6. The maximum absolute atomic E-state index is 14.4. The molecule has 0 spiro atoms. The lowest BCUT2D eigenvalue weighted by Gasteiger charge is -2.21. The Hall–Kier alpha value is -3.87. The average Bonchev–Trinajstić information content (AvgIpc) is 3.58. The Morgan fingerprint density at radius 1 is 0.861 bits per heavy atom. The highest BCUT2D eigenvalue weighted by molar-refractivity contribution is 7.22. The minimum Gasteiger partial charge on any atom is -0.279 e. The van der Waals surface area contributed by atoms with Gasteiger partial charge in [-0.25, -0.2) is 9.97 Å². The molecule has 0 saturated carbocycles. The minimum atomic E-state index is -0.0799. The number of anilines is 1. The number of amides is 1. The number of aryl methyl sites for hydroxylation is 2. The van der Waals surface area contributed by atoms with Gasteiger partial charge in [0.15, 0.2) is 5.13 Å². The summed E-state index contributed by atoms with van der Waals surface area (Å²) in [5.74, 6) is -0.0799. The highest BCUT2D eigenvalue weighted by atomic mass is 32.1. The summed E-state index contributed by atoms with van der Waals surface area (Å²) in [6, 6.07) is 28.2. The van der Waals surface area contributed by atoms with Gasteiger partial charge >= 0.3 is 0 Å². The molecular weight excluding hydrogens is 482 g/mol. The second-order valence-corrected chi connectivity index (χ2v) is 10.8. The molecule has 4 nitrogen and oxygen atoms in total. The number of para-hydroxylation sites is 1. The van der Waals surface area contributed by atoms with E-state index in [2.05, 4.69) is 26.0 Å². The zero-order valence-corrected chi connectivity index (χ0v) is 21.6. The van der Waals surface area contributed by atoms with E-state index in [9.17, 15) is 4.79 Å². The van der Waals surface area contributed by atoms with Gasteiger partial charge < -0.3 is 0 Å². The lowest BCUT2D eigenvalue weighted by molar-refractivity contribution is 0.0986. The molecule has 0 atom stereocenters. The topological polar surface area (TPSA) is 46.1 Å². The third-order valence-corrected chi connectivity index (χ3v) is 8.31. The van der Waals surface area contributed by atoms with Gasteiger partial charge in [0.1, 0.15) is 0 Å². The molecule has 0 radical (unpaired) electrons. The van der Waals surface area contributed by atoms with Crippen LogP contribution in [0.3, 0.4) is 0 Å². The molecule has 3 heterocycles. The maximum Gasteiger partial charge on any atom is 0.261 e. The second kappa shape index (κ2) is 9.30. The number of hydrogen-bond acceptors (Lipinski definition) is 5. The normalized spacial score (nSPS) is 11.3. The van der Waals surface area contributed by atoms with Gasteiger partial charge in [0.2, 0.25) is 0 Å². The van der Waals surface area contributed by atoms with Gasteiger partial charge in [-0.05, 0) is 60.2 Å². The van der Waals surface area contributed by atoms with Crippen molar-refractivity contribution in [1.82, 2.24) is 9.97 Å². The van der Waals surface area contributed by atoms with Crippen molar-refractivity contribution in [1.29, 1.82) is 0 Å². The summed E-state index contributed by atoms with van der Waals surface area (Å²) in [7, 11) is 0. The molecule has 0 aliphatic heterocycles. The number of thiazole rings is 1. The molecule has 0 saturated heterocycles. The van der Waals surface area contributed by atoms with E-state index in [1.165, 1.54) is 11.1 Å². The number of carbonyl (C=O) groups excluding carboxylic acids is 1. The number of nitrogens with zero attached hydrogens (tertiary/aromatic N) is 3. The molecule has 0 aliphatic carbocycles. The van der Waals surface area contributed by atoms with Crippen molar-refractivity contribution < 1.29 is 4.79 Å². The molecule has 0 unspecified atom stereocenters. The van der Waals surface area contributed by atoms with E-state index in [4.69, 9.17) is 9.97 Å². The Morgan fingerprint density at radius 2 is 1.67 bits per heavy atom. The summed E-state index contributed by atoms with van der Waals surface area (Å²) in [6.45, 7) is 4.61. The van der Waals surface area contributed by atoms with Gasteiger partial charge in [-0.1, -0.05) is 72.0 Å². The largest absolute Gasteiger partial charge is 0.279 e. The first-order valence-corrected chi connectivity index (χ1v) is 13.4. The summed E-state index contributed by atoms with van der Waals surface area (Å²) >= 11 is 3.19. The van der Waals surface area contributed by atoms with Crippen molar-refractivity contribution in [2.24, 2.45) is 0 Å². The summed E-state index contributed by atoms with van der Waals surface area (Å²) in [5.41, 5.74) is 6.57. The molecule has 0 bridgehead atoms. The fourth-order valence-corrected chi connectivity index (χ4v) is 6.22. The van der Waals surface area contributed by atoms with Crippen LogP contribution in [0.1, 0.15) is 27.0 Å². The van der Waals surface area contributed by atoms with E-state index in [-0.39, 0.29) is 5.91 Å². The molecule has 0 fully saturated rings. The van der Waals surface area contributed by atoms with Crippen molar-refractivity contribution >= 4 is 54.8 Å². The third kappa shape index (κ3) is 4.19. The van der Waals surface area contributed by atoms with E-state index in [0.717, 1.165) is 37.3 Å². The number of hydrogen-bond donors (Lipinski definition) is 0. The van der Waals surface area contributed by atoms with Crippen molar-refractivity contribution in [3.8, 4) is 10.6 Å². The second-order valence-electron chi connectivity index (χ2n) is 8.85. The van der Waals surface area contributed by atoms with E-state index >= 15 is 0 Å². The number of benzene rings is 3. The Bertz CT molecular complexity index is 1710. The number of thiophene rings is 1. The number of aromatic nitrogens is 2. The van der Waals surface area contributed by atoms with E-state index in [0.29, 0.717) is 17.2 Å². The molecular formula is C30H23N3OS2. The number of rotatable bonds is 5. The fourth-order valence-electron chi connectivity index (χ4n) is 4.52. The van der Waals surface area contributed by atoms with Crippen LogP contribution in [0.5, 0.6) is 0 Å². The number of fused-ring (bicyclic) bond motifs is 2. The van der Waals surface area contributed by atoms with Gasteiger partial charge in [0, 0.05) is 5.39 Å². The first kappa shape index (κ1) is 22.6. The lowest BCUT2D eigenvalue weighted by Crippen LogP contribution is -2.30. The summed E-state index contributed by atoms with van der Waals surface area (Å²) in [6.07, 6.45) is 0. The van der Waals surface area contributed by atoms with Crippen LogP contribution in [-0.2, 0) is 6.54 Å². The third-order valence-electron chi connectivity index (χ3n) is 6.19. The molecule has 3 aromatic carbocycles. The van der Waals surface area contributed by atoms with Crippen LogP contribution in [0.15, 0.2) is 90.3 Å². The average molecular weight is 506 g/mol. The quantitative estimate of drug-likeness (QED) is 0.238. The SMILES string of the molecule is Cc1cc(C)c2sc(N(Cc3ccccc3)C(=O)c3cc(-c4cccs4)nc4ccccc34)nc2c1. The van der Waals surface area contributed by atoms with Crippen LogP contribution in [0, 0.1) is 13.8 Å². The van der Waals surface area contributed by atoms with E-state index in [1.54, 1.807) is 22.7 Å². The van der Waals surface area contributed by atoms with E-state index < -0.39 is 0 Å². The van der Waals surface area contributed by atoms with Crippen LogP contribution < -0.4 is 4.90 Å². The Morgan fingerprint density at radius 3 is 2.47 bits per heavy atom. The Balaban J connectivity index is 1.53. The van der Waals surface area contributed by atoms with Crippen molar-refractivity contribution in [3.05, 3.63) is 113 Å². The smallest absolute Gasteiger partial charge is 0.261 e. The standard InChI is InChI=1S/C30H23N3OS2/c1-19-15-20(2)28-26(16-19)32-30(36-28)33(18-21-9-4-3-5-10-21)29(34)23-17-25(27-13-8-14-35-27)31-24-12-7-6-11-22(23)24/h3-17H,18H2,1-2H3. The summed E-state index contributed by atoms with van der Waals surface area (Å²) < 4.78 is 1.11. The monoisotopic (exact) mass is 505 g/mol. The molecule has 6 aromatic rings. The number of pyridine rings is 1. The van der Waals surface area contributed by atoms with Crippen LogP contribution in [-0.4, -0.2) is 15.9 Å². The fraction of sp³-hybridized carbons (Fsp3) is 0.100. The zero-order chi connectivity index (χ0) is 24.6. The molecule has 36 heavy (non-hydrogen) atoms. The molecule has 0 N–H and O–H groups in total. The molecule has 176 valence electrons. The van der Waals surface area contributed by atoms with Gasteiger partial charge in [-0.2, -0.15) is 0 Å². The molecule has 1 amide bonds. The van der Waals surface area contributed by atoms with Crippen LogP contribution in [0.2, 0.25) is 0 Å². The highest BCUT2D eigenvalue weighted by Crippen LogP contribution is 2.35. The van der Waals surface area contributed by atoms with Crippen LogP contribution >= 0.6 is 22.7 Å². The van der Waals surface area contributed by atoms with Gasteiger partial charge in [-0.3, -0.25) is 9.69 Å². The predicted octanol–water partition coefficient (Wildman–Crippen LogP) is 8.04. The van der Waals surface area contributed by atoms with Crippen LogP contribution in [0.4, 0.5) is 5.13 Å². The lowest BCUT2D eigenvalue weighted by atomic mass is 10.1. The summed E-state index contributed by atoms with van der Waals surface area (Å²) in [4.78, 5) is 27.0. The van der Waals surface area contributed by atoms with Crippen molar-refractivity contribution in [3.63, 3.8) is 0 Å². The molecule has 6 rings (SSSR count). The van der Waals surface area contributed by atoms with Crippen molar-refractivity contribution in [2.75, 3.05) is 4.90 Å². The zero-order valence-electron chi connectivity index (χ0n) is 19.9. The highest BCUT2D eigenvalue weighted by Gasteiger charge is 2.25. The first-order valence-electron chi connectivity index (χ1n) is 11.7.